The number of aromatic nitrogens is 2. The Morgan fingerprint density at radius 2 is 1.76 bits per heavy atom. The third kappa shape index (κ3) is 4.29. The van der Waals surface area contributed by atoms with Crippen molar-refractivity contribution in [3.63, 3.8) is 0 Å². The molecule has 29 heavy (non-hydrogen) atoms. The van der Waals surface area contributed by atoms with E-state index in [9.17, 15) is 21.6 Å². The molecule has 0 saturated heterocycles. The number of hydrogen-bond donors (Lipinski definition) is 1. The highest BCUT2D eigenvalue weighted by Gasteiger charge is 2.35. The number of nitrogens with zero attached hydrogens (tertiary/aromatic N) is 2. The first-order valence-corrected chi connectivity index (χ1v) is 9.60. The van der Waals surface area contributed by atoms with Gasteiger partial charge in [-0.15, -0.1) is 0 Å². The first kappa shape index (κ1) is 20.5. The van der Waals surface area contributed by atoms with Crippen LogP contribution in [0.5, 0.6) is 11.5 Å². The zero-order valence-corrected chi connectivity index (χ0v) is 16.1. The summed E-state index contributed by atoms with van der Waals surface area (Å²) < 4.78 is 79.4. The van der Waals surface area contributed by atoms with Gasteiger partial charge in [0, 0.05) is 18.5 Å². The number of rotatable bonds is 6. The van der Waals surface area contributed by atoms with Crippen LogP contribution in [-0.2, 0) is 16.2 Å². The van der Waals surface area contributed by atoms with E-state index in [1.54, 1.807) is 6.07 Å². The maximum absolute atomic E-state index is 13.6. The van der Waals surface area contributed by atoms with E-state index in [0.717, 1.165) is 18.2 Å². The molecule has 0 bridgehead atoms. The van der Waals surface area contributed by atoms with E-state index < -0.39 is 27.5 Å². The van der Waals surface area contributed by atoms with Crippen LogP contribution in [0.3, 0.4) is 0 Å². The molecule has 0 radical (unpaired) electrons. The van der Waals surface area contributed by atoms with Crippen LogP contribution >= 0.6 is 0 Å². The summed E-state index contributed by atoms with van der Waals surface area (Å²) in [6.07, 6.45) is -1.90. The summed E-state index contributed by atoms with van der Waals surface area (Å²) in [4.78, 5) is -0.278. The molecule has 0 fully saturated rings. The lowest BCUT2D eigenvalue weighted by molar-refractivity contribution is -0.136. The van der Waals surface area contributed by atoms with Gasteiger partial charge in [-0.3, -0.25) is 4.72 Å². The van der Waals surface area contributed by atoms with Gasteiger partial charge in [-0.1, -0.05) is 0 Å². The predicted molar refractivity (Wildman–Crippen MR) is 98.9 cm³/mol. The quantitative estimate of drug-likeness (QED) is 0.649. The smallest absolute Gasteiger partial charge is 0.418 e. The van der Waals surface area contributed by atoms with Gasteiger partial charge < -0.3 is 9.47 Å². The Morgan fingerprint density at radius 3 is 2.34 bits per heavy atom. The number of hydrogen-bond acceptors (Lipinski definition) is 5. The van der Waals surface area contributed by atoms with Crippen molar-refractivity contribution >= 4 is 15.7 Å². The van der Waals surface area contributed by atoms with Crippen molar-refractivity contribution in [2.24, 2.45) is 0 Å². The van der Waals surface area contributed by atoms with Crippen molar-refractivity contribution in [1.82, 2.24) is 9.78 Å². The Labute approximate surface area is 164 Å². The van der Waals surface area contributed by atoms with Crippen molar-refractivity contribution in [1.29, 1.82) is 0 Å². The molecule has 0 saturated carbocycles. The molecule has 0 aliphatic rings. The zero-order chi connectivity index (χ0) is 21.2. The maximum Gasteiger partial charge on any atom is 0.418 e. The Kier molecular flexibility index (Phi) is 5.42. The normalized spacial score (nSPS) is 11.9. The van der Waals surface area contributed by atoms with Crippen LogP contribution in [0.2, 0.25) is 0 Å². The second-order valence-corrected chi connectivity index (χ2v) is 7.48. The van der Waals surface area contributed by atoms with Gasteiger partial charge in [-0.2, -0.15) is 18.3 Å². The Balaban J connectivity index is 2.02. The van der Waals surface area contributed by atoms with E-state index in [4.69, 9.17) is 9.47 Å². The number of benzene rings is 2. The van der Waals surface area contributed by atoms with Crippen LogP contribution in [0.15, 0.2) is 59.8 Å². The molecule has 0 unspecified atom stereocenters. The van der Waals surface area contributed by atoms with Crippen LogP contribution in [-0.4, -0.2) is 32.4 Å². The van der Waals surface area contributed by atoms with Gasteiger partial charge in [0.1, 0.15) is 0 Å². The van der Waals surface area contributed by atoms with E-state index in [2.05, 4.69) is 5.10 Å². The molecule has 3 rings (SSSR count). The lowest BCUT2D eigenvalue weighted by Gasteiger charge is -2.17. The molecule has 0 atom stereocenters. The lowest BCUT2D eigenvalue weighted by Crippen LogP contribution is -2.18. The van der Waals surface area contributed by atoms with Gasteiger partial charge in [0.05, 0.1) is 36.1 Å². The van der Waals surface area contributed by atoms with Crippen LogP contribution in [0.1, 0.15) is 5.56 Å². The van der Waals surface area contributed by atoms with Gasteiger partial charge in [-0.25, -0.2) is 13.1 Å². The number of halogens is 3. The summed E-state index contributed by atoms with van der Waals surface area (Å²) in [7, 11) is -1.64. The lowest BCUT2D eigenvalue weighted by atomic mass is 10.1. The average molecular weight is 427 g/mol. The van der Waals surface area contributed by atoms with Crippen LogP contribution in [0.25, 0.3) is 5.69 Å². The second-order valence-electron chi connectivity index (χ2n) is 5.80. The Morgan fingerprint density at radius 1 is 1.03 bits per heavy atom. The highest BCUT2D eigenvalue weighted by atomic mass is 32.2. The fraction of sp³-hybridized carbons (Fsp3) is 0.167. The maximum atomic E-state index is 13.6. The first-order chi connectivity index (χ1) is 13.7. The molecule has 11 heteroatoms. The third-order valence-electron chi connectivity index (χ3n) is 3.99. The molecule has 0 aliphatic heterocycles. The minimum Gasteiger partial charge on any atom is -0.493 e. The van der Waals surface area contributed by atoms with Crippen molar-refractivity contribution in [2.75, 3.05) is 18.9 Å². The third-order valence-corrected chi connectivity index (χ3v) is 5.35. The van der Waals surface area contributed by atoms with E-state index in [0.29, 0.717) is 0 Å². The molecule has 0 spiro atoms. The minimum atomic E-state index is -4.79. The highest BCUT2D eigenvalue weighted by molar-refractivity contribution is 7.92. The van der Waals surface area contributed by atoms with Gasteiger partial charge in [-0.05, 0) is 36.4 Å². The number of ether oxygens (including phenoxy) is 2. The van der Waals surface area contributed by atoms with Gasteiger partial charge in [0.2, 0.25) is 0 Å². The number of anilines is 1. The molecule has 0 aliphatic carbocycles. The monoisotopic (exact) mass is 427 g/mol. The number of nitrogens with one attached hydrogen (secondary N) is 1. The molecule has 1 heterocycles. The van der Waals surface area contributed by atoms with E-state index in [1.807, 2.05) is 4.72 Å². The molecule has 1 N–H and O–H groups in total. The van der Waals surface area contributed by atoms with E-state index in [1.165, 1.54) is 49.5 Å². The minimum absolute atomic E-state index is 0.125. The van der Waals surface area contributed by atoms with Gasteiger partial charge in [0.25, 0.3) is 10.0 Å². The molecule has 0 amide bonds. The van der Waals surface area contributed by atoms with Crippen molar-refractivity contribution < 1.29 is 31.1 Å². The molecule has 154 valence electrons. The summed E-state index contributed by atoms with van der Waals surface area (Å²) in [5, 5.41) is 3.88. The largest absolute Gasteiger partial charge is 0.493 e. The number of alkyl halides is 3. The van der Waals surface area contributed by atoms with Crippen LogP contribution in [0, 0.1) is 0 Å². The summed E-state index contributed by atoms with van der Waals surface area (Å²) in [6.45, 7) is 0. The van der Waals surface area contributed by atoms with Crippen molar-refractivity contribution in [3.8, 4) is 17.2 Å². The van der Waals surface area contributed by atoms with Crippen molar-refractivity contribution in [2.45, 2.75) is 11.1 Å². The molecular formula is C18H16F3N3O4S. The standard InChI is InChI=1S/C18H16F3N3O4S/c1-27-16-7-5-13(11-17(16)28-2)29(25,26)23-15-6-4-12(24-9-3-8-22-24)10-14(15)18(19,20)21/h3-11,23H,1-2H3. The Bertz CT molecular complexity index is 1110. The SMILES string of the molecule is COc1ccc(S(=O)(=O)Nc2ccc(-n3cccn3)cc2C(F)(F)F)cc1OC. The predicted octanol–water partition coefficient (Wildman–Crippen LogP) is 3.71. The summed E-state index contributed by atoms with van der Waals surface area (Å²) >= 11 is 0. The highest BCUT2D eigenvalue weighted by Crippen LogP contribution is 2.37. The molecule has 1 aromatic heterocycles. The fourth-order valence-electron chi connectivity index (χ4n) is 2.61. The number of sulfonamides is 1. The van der Waals surface area contributed by atoms with Crippen molar-refractivity contribution in [3.05, 3.63) is 60.4 Å². The molecule has 3 aromatic rings. The van der Waals surface area contributed by atoms with E-state index in [-0.39, 0.29) is 22.1 Å². The number of methoxy groups -OCH3 is 2. The van der Waals surface area contributed by atoms with Crippen LogP contribution < -0.4 is 14.2 Å². The molecular weight excluding hydrogens is 411 g/mol. The fourth-order valence-corrected chi connectivity index (χ4v) is 3.70. The second kappa shape index (κ2) is 7.66. The van der Waals surface area contributed by atoms with Gasteiger partial charge >= 0.3 is 6.18 Å². The molecule has 2 aromatic carbocycles. The summed E-state index contributed by atoms with van der Waals surface area (Å²) in [5.74, 6) is 0.409. The van der Waals surface area contributed by atoms with Crippen LogP contribution in [0.4, 0.5) is 18.9 Å². The topological polar surface area (TPSA) is 82.5 Å². The van der Waals surface area contributed by atoms with E-state index >= 15 is 0 Å². The summed E-state index contributed by atoms with van der Waals surface area (Å²) in [5.41, 5.74) is -1.62. The molecule has 7 nitrogen and oxygen atoms in total. The Hall–Kier alpha value is -3.21. The average Bonchev–Trinajstić information content (AvgIpc) is 3.21. The zero-order valence-electron chi connectivity index (χ0n) is 15.3. The first-order valence-electron chi connectivity index (χ1n) is 8.12. The summed E-state index contributed by atoms with van der Waals surface area (Å²) in [6, 6.07) is 8.45. The van der Waals surface area contributed by atoms with Gasteiger partial charge in [0.15, 0.2) is 11.5 Å².